The Bertz CT molecular complexity index is 810. The molecule has 0 bridgehead atoms. The molecule has 0 radical (unpaired) electrons. The average molecular weight is 400 g/mol. The molecule has 0 saturated heterocycles. The van der Waals surface area contributed by atoms with Crippen LogP contribution in [0.1, 0.15) is 36.2 Å². The van der Waals surface area contributed by atoms with Gasteiger partial charge in [-0.2, -0.15) is 0 Å². The van der Waals surface area contributed by atoms with Crippen LogP contribution in [0.3, 0.4) is 0 Å². The summed E-state index contributed by atoms with van der Waals surface area (Å²) in [5.41, 5.74) is -1.48. The molecule has 2 aromatic carbocycles. The molecule has 29 heavy (non-hydrogen) atoms. The monoisotopic (exact) mass is 400 g/mol. The number of aliphatic hydroxyl groups is 1. The molecule has 0 saturated carbocycles. The lowest BCUT2D eigenvalue weighted by atomic mass is 9.93. The number of ether oxygens (including phenoxy) is 3. The molecule has 1 N–H and O–H groups in total. The molecule has 7 heteroatoms. The molecular formula is C22H24O7. The number of hydrogen-bond donors (Lipinski definition) is 1. The summed E-state index contributed by atoms with van der Waals surface area (Å²) >= 11 is 0. The maximum Gasteiger partial charge on any atom is 0.350 e. The summed E-state index contributed by atoms with van der Waals surface area (Å²) in [5, 5.41) is 10.5. The van der Waals surface area contributed by atoms with Gasteiger partial charge in [-0.25, -0.2) is 9.59 Å². The summed E-state index contributed by atoms with van der Waals surface area (Å²) in [7, 11) is 0. The molecule has 7 nitrogen and oxygen atoms in total. The topological polar surface area (TPSA) is 99.1 Å². The maximum absolute atomic E-state index is 12.6. The minimum atomic E-state index is -2.69. The van der Waals surface area contributed by atoms with Gasteiger partial charge >= 0.3 is 11.9 Å². The van der Waals surface area contributed by atoms with E-state index in [9.17, 15) is 19.5 Å². The molecule has 0 unspecified atom stereocenters. The van der Waals surface area contributed by atoms with Crippen LogP contribution in [-0.4, -0.2) is 41.6 Å². The van der Waals surface area contributed by atoms with Gasteiger partial charge in [0.15, 0.2) is 5.78 Å². The van der Waals surface area contributed by atoms with E-state index in [0.717, 1.165) is 5.56 Å². The molecular weight excluding hydrogens is 376 g/mol. The first-order valence-electron chi connectivity index (χ1n) is 9.27. The maximum atomic E-state index is 12.6. The molecule has 0 aromatic heterocycles. The van der Waals surface area contributed by atoms with E-state index in [-0.39, 0.29) is 18.8 Å². The second-order valence-electron chi connectivity index (χ2n) is 6.20. The van der Waals surface area contributed by atoms with Gasteiger partial charge in [-0.1, -0.05) is 30.3 Å². The van der Waals surface area contributed by atoms with E-state index < -0.39 is 29.7 Å². The van der Waals surface area contributed by atoms with Crippen molar-refractivity contribution in [3.8, 4) is 5.75 Å². The number of benzene rings is 2. The molecule has 0 atom stereocenters. The minimum absolute atomic E-state index is 0.0534. The van der Waals surface area contributed by atoms with Gasteiger partial charge in [0.2, 0.25) is 0 Å². The van der Waals surface area contributed by atoms with Gasteiger partial charge in [-0.3, -0.25) is 4.79 Å². The fourth-order valence-electron chi connectivity index (χ4n) is 2.54. The van der Waals surface area contributed by atoms with Crippen molar-refractivity contribution >= 4 is 17.7 Å². The highest BCUT2D eigenvalue weighted by molar-refractivity contribution is 6.10. The summed E-state index contributed by atoms with van der Waals surface area (Å²) in [6.45, 7) is 3.32. The van der Waals surface area contributed by atoms with Gasteiger partial charge < -0.3 is 19.3 Å². The first-order valence-corrected chi connectivity index (χ1v) is 9.27. The van der Waals surface area contributed by atoms with Crippen LogP contribution in [0.5, 0.6) is 5.75 Å². The second kappa shape index (κ2) is 10.4. The number of ketones is 1. The molecule has 2 aromatic rings. The van der Waals surface area contributed by atoms with Crippen molar-refractivity contribution in [1.29, 1.82) is 0 Å². The Hall–Kier alpha value is -3.19. The van der Waals surface area contributed by atoms with Crippen LogP contribution in [0.4, 0.5) is 0 Å². The summed E-state index contributed by atoms with van der Waals surface area (Å²) in [4.78, 5) is 36.7. The van der Waals surface area contributed by atoms with Crippen LogP contribution in [0.15, 0.2) is 54.6 Å². The summed E-state index contributed by atoms with van der Waals surface area (Å²) in [6, 6.07) is 15.8. The lowest BCUT2D eigenvalue weighted by molar-refractivity contribution is -0.182. The molecule has 0 heterocycles. The molecule has 0 aliphatic heterocycles. The van der Waals surface area contributed by atoms with Gasteiger partial charge in [0.1, 0.15) is 12.4 Å². The summed E-state index contributed by atoms with van der Waals surface area (Å²) in [6.07, 6.45) is -0.783. The molecule has 2 rings (SSSR count). The van der Waals surface area contributed by atoms with Gasteiger partial charge in [0.05, 0.1) is 19.6 Å². The van der Waals surface area contributed by atoms with Crippen LogP contribution in [-0.2, 0) is 25.7 Å². The third-order valence-corrected chi connectivity index (χ3v) is 4.07. The Labute approximate surface area is 169 Å². The summed E-state index contributed by atoms with van der Waals surface area (Å²) < 4.78 is 15.1. The van der Waals surface area contributed by atoms with Gasteiger partial charge in [-0.15, -0.1) is 0 Å². The Morgan fingerprint density at radius 3 is 1.93 bits per heavy atom. The zero-order chi connectivity index (χ0) is 21.3. The van der Waals surface area contributed by atoms with Crippen LogP contribution >= 0.6 is 0 Å². The number of carbonyl (C=O) groups excluding carboxylic acids is 3. The number of hydrogen-bond acceptors (Lipinski definition) is 7. The predicted molar refractivity (Wildman–Crippen MR) is 104 cm³/mol. The highest BCUT2D eigenvalue weighted by Crippen LogP contribution is 2.21. The fraction of sp³-hybridized carbons (Fsp3) is 0.318. The van der Waals surface area contributed by atoms with E-state index in [0.29, 0.717) is 12.4 Å². The molecule has 0 aliphatic rings. The smallest absolute Gasteiger partial charge is 0.350 e. The molecule has 0 fully saturated rings. The van der Waals surface area contributed by atoms with Crippen molar-refractivity contribution in [2.45, 2.75) is 32.5 Å². The highest BCUT2D eigenvalue weighted by Gasteiger charge is 2.49. The Kier molecular flexibility index (Phi) is 7.91. The number of rotatable bonds is 10. The molecule has 0 aliphatic carbocycles. The normalized spacial score (nSPS) is 10.9. The van der Waals surface area contributed by atoms with Crippen LogP contribution in [0.25, 0.3) is 0 Å². The largest absolute Gasteiger partial charge is 0.489 e. The van der Waals surface area contributed by atoms with E-state index in [1.54, 1.807) is 12.1 Å². The van der Waals surface area contributed by atoms with Crippen LogP contribution in [0, 0.1) is 0 Å². The molecule has 0 spiro atoms. The van der Waals surface area contributed by atoms with E-state index >= 15 is 0 Å². The SMILES string of the molecule is CCOC(=O)C(O)(CC(=O)c1ccc(OCc2ccccc2)cc1)C(=O)OCC. The van der Waals surface area contributed by atoms with E-state index in [2.05, 4.69) is 0 Å². The second-order valence-corrected chi connectivity index (χ2v) is 6.20. The lowest BCUT2D eigenvalue weighted by Gasteiger charge is -2.22. The standard InChI is InChI=1S/C22H24O7/c1-3-27-20(24)22(26,21(25)28-4-2)14-19(23)17-10-12-18(13-11-17)29-15-16-8-6-5-7-9-16/h5-13,26H,3-4,14-15H2,1-2H3. The highest BCUT2D eigenvalue weighted by atomic mass is 16.6. The number of esters is 2. The van der Waals surface area contributed by atoms with Crippen molar-refractivity contribution in [2.75, 3.05) is 13.2 Å². The first kappa shape index (κ1) is 22.1. The Morgan fingerprint density at radius 2 is 1.41 bits per heavy atom. The third kappa shape index (κ3) is 5.89. The number of Topliss-reactive ketones (excluding diaryl/α,β-unsaturated/α-hetero) is 1. The van der Waals surface area contributed by atoms with Crippen molar-refractivity contribution in [1.82, 2.24) is 0 Å². The lowest BCUT2D eigenvalue weighted by Crippen LogP contribution is -2.50. The fourth-order valence-corrected chi connectivity index (χ4v) is 2.54. The van der Waals surface area contributed by atoms with E-state index in [4.69, 9.17) is 14.2 Å². The van der Waals surface area contributed by atoms with Crippen molar-refractivity contribution in [3.63, 3.8) is 0 Å². The zero-order valence-corrected chi connectivity index (χ0v) is 16.4. The molecule has 154 valence electrons. The number of carbonyl (C=O) groups is 3. The van der Waals surface area contributed by atoms with Crippen LogP contribution < -0.4 is 4.74 Å². The van der Waals surface area contributed by atoms with Gasteiger partial charge in [-0.05, 0) is 43.7 Å². The zero-order valence-electron chi connectivity index (χ0n) is 16.4. The Morgan fingerprint density at radius 1 is 0.862 bits per heavy atom. The van der Waals surface area contributed by atoms with Crippen LogP contribution in [0.2, 0.25) is 0 Å². The average Bonchev–Trinajstić information content (AvgIpc) is 2.73. The van der Waals surface area contributed by atoms with Crippen molar-refractivity contribution in [2.24, 2.45) is 0 Å². The quantitative estimate of drug-likeness (QED) is 0.372. The van der Waals surface area contributed by atoms with Gasteiger partial charge in [0.25, 0.3) is 5.60 Å². The Balaban J connectivity index is 2.07. The van der Waals surface area contributed by atoms with E-state index in [1.807, 2.05) is 30.3 Å². The first-order chi connectivity index (χ1) is 13.9. The predicted octanol–water partition coefficient (Wildman–Crippen LogP) is 2.70. The van der Waals surface area contributed by atoms with Crippen molar-refractivity contribution in [3.05, 3.63) is 65.7 Å². The third-order valence-electron chi connectivity index (χ3n) is 4.07. The summed E-state index contributed by atoms with van der Waals surface area (Å²) in [5.74, 6) is -2.48. The minimum Gasteiger partial charge on any atom is -0.489 e. The molecule has 0 amide bonds. The van der Waals surface area contributed by atoms with Crippen molar-refractivity contribution < 1.29 is 33.7 Å². The van der Waals surface area contributed by atoms with Gasteiger partial charge in [0, 0.05) is 5.56 Å². The van der Waals surface area contributed by atoms with E-state index in [1.165, 1.54) is 26.0 Å².